The molecule has 4 atom stereocenters. The first-order valence-electron chi connectivity index (χ1n) is 8.83. The summed E-state index contributed by atoms with van der Waals surface area (Å²) < 4.78 is 5.39. The van der Waals surface area contributed by atoms with Crippen LogP contribution in [-0.2, 0) is 11.2 Å². The molecule has 0 radical (unpaired) electrons. The van der Waals surface area contributed by atoms with Crippen LogP contribution in [0.5, 0.6) is 5.75 Å². The molecule has 2 heteroatoms. The lowest BCUT2D eigenvalue weighted by Gasteiger charge is -2.53. The molecule has 0 heterocycles. The second-order valence-electron chi connectivity index (χ2n) is 7.75. The molecule has 3 aliphatic carbocycles. The van der Waals surface area contributed by atoms with Crippen LogP contribution in [0.1, 0.15) is 62.5 Å². The van der Waals surface area contributed by atoms with Gasteiger partial charge in [0.15, 0.2) is 0 Å². The first kappa shape index (κ1) is 14.3. The minimum absolute atomic E-state index is 0.0244. The zero-order chi connectivity index (χ0) is 15.3. The maximum atomic E-state index is 12.5. The molecule has 0 saturated heterocycles. The Labute approximate surface area is 133 Å². The molecule has 1 aromatic carbocycles. The molecule has 0 bridgehead atoms. The minimum Gasteiger partial charge on any atom is -0.497 e. The summed E-state index contributed by atoms with van der Waals surface area (Å²) in [5, 5.41) is 0. The van der Waals surface area contributed by atoms with Crippen LogP contribution in [0.4, 0.5) is 0 Å². The zero-order valence-electron chi connectivity index (χ0n) is 13.7. The first-order valence-corrected chi connectivity index (χ1v) is 8.83. The molecular formula is C20H26O2. The number of aryl methyl sites for hydroxylation is 1. The van der Waals surface area contributed by atoms with Crippen LogP contribution in [0, 0.1) is 17.3 Å². The number of benzene rings is 1. The second kappa shape index (κ2) is 5.11. The fourth-order valence-corrected chi connectivity index (χ4v) is 5.65. The molecule has 118 valence electrons. The van der Waals surface area contributed by atoms with Gasteiger partial charge in [-0.05, 0) is 79.5 Å². The summed E-state index contributed by atoms with van der Waals surface area (Å²) >= 11 is 0. The molecule has 22 heavy (non-hydrogen) atoms. The van der Waals surface area contributed by atoms with Crippen molar-refractivity contribution in [2.24, 2.45) is 17.3 Å². The highest BCUT2D eigenvalue weighted by Crippen LogP contribution is 2.58. The lowest BCUT2D eigenvalue weighted by molar-refractivity contribution is -0.140. The fourth-order valence-electron chi connectivity index (χ4n) is 5.65. The smallest absolute Gasteiger partial charge is 0.139 e. The zero-order valence-corrected chi connectivity index (χ0v) is 13.7. The van der Waals surface area contributed by atoms with Gasteiger partial charge in [-0.2, -0.15) is 0 Å². The molecule has 0 aliphatic heterocycles. The topological polar surface area (TPSA) is 26.3 Å². The number of fused-ring (bicyclic) bond motifs is 5. The summed E-state index contributed by atoms with van der Waals surface area (Å²) in [5.41, 5.74) is 2.99. The number of hydrogen-bond donors (Lipinski definition) is 0. The van der Waals surface area contributed by atoms with Crippen molar-refractivity contribution in [3.8, 4) is 5.75 Å². The molecule has 3 aliphatic rings. The van der Waals surface area contributed by atoms with Gasteiger partial charge in [0.05, 0.1) is 7.11 Å². The Hall–Kier alpha value is -1.31. The van der Waals surface area contributed by atoms with Gasteiger partial charge in [0.1, 0.15) is 11.5 Å². The van der Waals surface area contributed by atoms with Crippen LogP contribution < -0.4 is 4.74 Å². The van der Waals surface area contributed by atoms with Crippen LogP contribution in [-0.4, -0.2) is 12.9 Å². The molecule has 1 aromatic rings. The Balaban J connectivity index is 1.69. The lowest BCUT2D eigenvalue weighted by Crippen LogP contribution is -2.49. The third-order valence-electron chi connectivity index (χ3n) is 6.88. The Bertz CT molecular complexity index is 606. The Morgan fingerprint density at radius 3 is 2.86 bits per heavy atom. The molecule has 4 rings (SSSR count). The van der Waals surface area contributed by atoms with E-state index >= 15 is 0 Å². The second-order valence-corrected chi connectivity index (χ2v) is 7.75. The Kier molecular flexibility index (Phi) is 3.32. The summed E-state index contributed by atoms with van der Waals surface area (Å²) in [6.07, 6.45) is 7.85. The maximum absolute atomic E-state index is 12.5. The molecule has 0 spiro atoms. The molecule has 2 saturated carbocycles. The fraction of sp³-hybridized carbons (Fsp3) is 0.650. The highest BCUT2D eigenvalue weighted by molar-refractivity contribution is 5.85. The van der Waals surface area contributed by atoms with Crippen LogP contribution in [0.15, 0.2) is 18.2 Å². The number of ketones is 1. The van der Waals surface area contributed by atoms with Crippen molar-refractivity contribution in [2.75, 3.05) is 7.11 Å². The van der Waals surface area contributed by atoms with Crippen molar-refractivity contribution in [1.82, 2.24) is 0 Å². The van der Waals surface area contributed by atoms with E-state index in [2.05, 4.69) is 25.1 Å². The number of ether oxygens (including phenoxy) is 1. The summed E-state index contributed by atoms with van der Waals surface area (Å²) in [7, 11) is 1.74. The van der Waals surface area contributed by atoms with E-state index in [-0.39, 0.29) is 5.41 Å². The van der Waals surface area contributed by atoms with Gasteiger partial charge in [0, 0.05) is 11.8 Å². The molecule has 0 amide bonds. The highest BCUT2D eigenvalue weighted by atomic mass is 16.5. The molecule has 2 fully saturated rings. The van der Waals surface area contributed by atoms with E-state index in [0.29, 0.717) is 23.5 Å². The lowest BCUT2D eigenvalue weighted by atomic mass is 9.50. The van der Waals surface area contributed by atoms with Crippen LogP contribution >= 0.6 is 0 Å². The summed E-state index contributed by atoms with van der Waals surface area (Å²) in [4.78, 5) is 12.5. The molecule has 2 nitrogen and oxygen atoms in total. The van der Waals surface area contributed by atoms with E-state index in [4.69, 9.17) is 4.74 Å². The van der Waals surface area contributed by atoms with Crippen molar-refractivity contribution in [3.63, 3.8) is 0 Å². The van der Waals surface area contributed by atoms with E-state index in [9.17, 15) is 4.79 Å². The van der Waals surface area contributed by atoms with Crippen LogP contribution in [0.2, 0.25) is 0 Å². The van der Waals surface area contributed by atoms with E-state index in [0.717, 1.165) is 31.4 Å². The van der Waals surface area contributed by atoms with E-state index < -0.39 is 0 Å². The largest absolute Gasteiger partial charge is 0.497 e. The van der Waals surface area contributed by atoms with E-state index in [1.807, 2.05) is 0 Å². The number of carbonyl (C=O) groups is 1. The van der Waals surface area contributed by atoms with Gasteiger partial charge in [0.2, 0.25) is 0 Å². The average Bonchev–Trinajstić information content (AvgIpc) is 2.55. The van der Waals surface area contributed by atoms with Gasteiger partial charge in [-0.1, -0.05) is 13.0 Å². The van der Waals surface area contributed by atoms with Crippen molar-refractivity contribution in [2.45, 2.75) is 57.8 Å². The maximum Gasteiger partial charge on any atom is 0.139 e. The predicted octanol–water partition coefficient (Wildman–Crippen LogP) is 4.51. The summed E-state index contributed by atoms with van der Waals surface area (Å²) in [6.45, 7) is 2.26. The van der Waals surface area contributed by atoms with Gasteiger partial charge >= 0.3 is 0 Å². The summed E-state index contributed by atoms with van der Waals surface area (Å²) in [6, 6.07) is 6.63. The number of methoxy groups -OCH3 is 1. The van der Waals surface area contributed by atoms with Crippen molar-refractivity contribution >= 4 is 5.78 Å². The van der Waals surface area contributed by atoms with Gasteiger partial charge < -0.3 is 4.74 Å². The molecule has 0 aromatic heterocycles. The Morgan fingerprint density at radius 1 is 1.18 bits per heavy atom. The predicted molar refractivity (Wildman–Crippen MR) is 87.2 cm³/mol. The van der Waals surface area contributed by atoms with Crippen molar-refractivity contribution in [3.05, 3.63) is 29.3 Å². The van der Waals surface area contributed by atoms with Gasteiger partial charge in [0.25, 0.3) is 0 Å². The third-order valence-corrected chi connectivity index (χ3v) is 6.88. The SMILES string of the molecule is COc1ccc2c(c1)CC[C@@H]1C2CC[C@]2(C)C(=O)CCC[C@@H]12. The average molecular weight is 298 g/mol. The van der Waals surface area contributed by atoms with E-state index in [1.165, 1.54) is 30.4 Å². The highest BCUT2D eigenvalue weighted by Gasteiger charge is 2.52. The van der Waals surface area contributed by atoms with Gasteiger partial charge in [-0.3, -0.25) is 4.79 Å². The summed E-state index contributed by atoms with van der Waals surface area (Å²) in [5.74, 6) is 3.51. The number of hydrogen-bond acceptors (Lipinski definition) is 2. The molecule has 1 unspecified atom stereocenters. The third kappa shape index (κ3) is 1.96. The van der Waals surface area contributed by atoms with Crippen molar-refractivity contribution < 1.29 is 9.53 Å². The van der Waals surface area contributed by atoms with Crippen molar-refractivity contribution in [1.29, 1.82) is 0 Å². The van der Waals surface area contributed by atoms with Crippen LogP contribution in [0.3, 0.4) is 0 Å². The molecule has 0 N–H and O–H groups in total. The minimum atomic E-state index is -0.0244. The first-order chi connectivity index (χ1) is 10.6. The molecular weight excluding hydrogens is 272 g/mol. The van der Waals surface area contributed by atoms with E-state index in [1.54, 1.807) is 7.11 Å². The number of carbonyl (C=O) groups excluding carboxylic acids is 1. The number of Topliss-reactive ketones (excluding diaryl/α,β-unsaturated/α-hetero) is 1. The van der Waals surface area contributed by atoms with Gasteiger partial charge in [-0.25, -0.2) is 0 Å². The van der Waals surface area contributed by atoms with Crippen LogP contribution in [0.25, 0.3) is 0 Å². The monoisotopic (exact) mass is 298 g/mol. The standard InChI is InChI=1S/C20H26O2/c1-20-11-10-16-15-9-7-14(22-2)12-13(15)6-8-17(16)18(20)4-3-5-19(20)21/h7,9,12,16-18H,3-6,8,10-11H2,1-2H3/t16?,17-,18+,20+/m1/s1. The quantitative estimate of drug-likeness (QED) is 0.762. The number of rotatable bonds is 1. The normalized spacial score (nSPS) is 37.0. The van der Waals surface area contributed by atoms with Gasteiger partial charge in [-0.15, -0.1) is 0 Å². The Morgan fingerprint density at radius 2 is 2.05 bits per heavy atom.